The molecule has 0 aliphatic rings. The van der Waals surface area contributed by atoms with Gasteiger partial charge in [0, 0.05) is 5.69 Å². The van der Waals surface area contributed by atoms with Crippen molar-refractivity contribution in [1.82, 2.24) is 4.90 Å². The van der Waals surface area contributed by atoms with Crippen LogP contribution in [0.15, 0.2) is 36.4 Å². The van der Waals surface area contributed by atoms with Gasteiger partial charge in [0.15, 0.2) is 17.5 Å². The Balaban J connectivity index is 1.94. The van der Waals surface area contributed by atoms with Gasteiger partial charge in [0.05, 0.1) is 18.3 Å². The van der Waals surface area contributed by atoms with Gasteiger partial charge < -0.3 is 10.6 Å². The van der Waals surface area contributed by atoms with E-state index in [4.69, 9.17) is 0 Å². The number of rotatable bonds is 6. The van der Waals surface area contributed by atoms with Crippen LogP contribution < -0.4 is 10.6 Å². The van der Waals surface area contributed by atoms with E-state index in [1.165, 1.54) is 43.1 Å². The Bertz CT molecular complexity index is 843. The van der Waals surface area contributed by atoms with E-state index >= 15 is 0 Å². The standard InChI is InChI=1S/C18H17F4N3O2/c1-10(18(27)23-12-5-3-11(19)4-6-12)25(2)9-15(26)24-14-8-7-13(20)16(21)17(14)22/h3-8,10H,9H2,1-2H3,(H,23,27)(H,24,26)/t10-/m1/s1. The summed E-state index contributed by atoms with van der Waals surface area (Å²) in [5.74, 6) is -6.17. The van der Waals surface area contributed by atoms with Gasteiger partial charge in [-0.25, -0.2) is 17.6 Å². The highest BCUT2D eigenvalue weighted by Gasteiger charge is 2.21. The zero-order chi connectivity index (χ0) is 20.1. The van der Waals surface area contributed by atoms with Crippen LogP contribution in [0, 0.1) is 23.3 Å². The molecule has 0 aromatic heterocycles. The number of benzene rings is 2. The maximum Gasteiger partial charge on any atom is 0.241 e. The molecule has 0 spiro atoms. The lowest BCUT2D eigenvalue weighted by Crippen LogP contribution is -2.43. The average Bonchev–Trinajstić information content (AvgIpc) is 2.63. The van der Waals surface area contributed by atoms with Crippen LogP contribution in [0.1, 0.15) is 6.92 Å². The normalized spacial score (nSPS) is 12.0. The van der Waals surface area contributed by atoms with Crippen molar-refractivity contribution in [2.24, 2.45) is 0 Å². The van der Waals surface area contributed by atoms with E-state index in [-0.39, 0.29) is 6.54 Å². The van der Waals surface area contributed by atoms with Gasteiger partial charge in [0.1, 0.15) is 5.82 Å². The van der Waals surface area contributed by atoms with Gasteiger partial charge >= 0.3 is 0 Å². The first kappa shape index (κ1) is 20.4. The van der Waals surface area contributed by atoms with Gasteiger partial charge in [-0.3, -0.25) is 14.5 Å². The molecule has 0 heterocycles. The van der Waals surface area contributed by atoms with Crippen molar-refractivity contribution >= 4 is 23.2 Å². The van der Waals surface area contributed by atoms with Crippen LogP contribution in [-0.2, 0) is 9.59 Å². The largest absolute Gasteiger partial charge is 0.325 e. The molecule has 0 fully saturated rings. The number of amides is 2. The first-order chi connectivity index (χ1) is 12.7. The van der Waals surface area contributed by atoms with Crippen LogP contribution in [-0.4, -0.2) is 36.3 Å². The predicted molar refractivity (Wildman–Crippen MR) is 92.1 cm³/mol. The minimum absolute atomic E-state index is 0.309. The number of nitrogens with zero attached hydrogens (tertiary/aromatic N) is 1. The molecular formula is C18H17F4N3O2. The number of anilines is 2. The van der Waals surface area contributed by atoms with Crippen molar-refractivity contribution in [1.29, 1.82) is 0 Å². The van der Waals surface area contributed by atoms with Crippen molar-refractivity contribution in [3.8, 4) is 0 Å². The molecule has 2 aromatic rings. The number of halogens is 4. The van der Waals surface area contributed by atoms with Crippen LogP contribution in [0.4, 0.5) is 28.9 Å². The molecule has 9 heteroatoms. The maximum absolute atomic E-state index is 13.6. The molecule has 2 rings (SSSR count). The van der Waals surface area contributed by atoms with Crippen LogP contribution in [0.3, 0.4) is 0 Å². The Labute approximate surface area is 153 Å². The Kier molecular flexibility index (Phi) is 6.51. The van der Waals surface area contributed by atoms with Crippen LogP contribution in [0.2, 0.25) is 0 Å². The van der Waals surface area contributed by atoms with E-state index in [1.54, 1.807) is 0 Å². The molecule has 144 valence electrons. The number of hydrogen-bond donors (Lipinski definition) is 2. The van der Waals surface area contributed by atoms with Crippen molar-refractivity contribution in [2.75, 3.05) is 24.2 Å². The Morgan fingerprint density at radius 2 is 1.59 bits per heavy atom. The average molecular weight is 383 g/mol. The highest BCUT2D eigenvalue weighted by atomic mass is 19.2. The third kappa shape index (κ3) is 5.27. The third-order valence-electron chi connectivity index (χ3n) is 3.85. The fourth-order valence-corrected chi connectivity index (χ4v) is 2.16. The number of carbonyl (C=O) groups excluding carboxylic acids is 2. The highest BCUT2D eigenvalue weighted by Crippen LogP contribution is 2.19. The number of carbonyl (C=O) groups is 2. The lowest BCUT2D eigenvalue weighted by atomic mass is 10.2. The molecule has 0 radical (unpaired) electrons. The van der Waals surface area contributed by atoms with Crippen molar-refractivity contribution in [3.05, 3.63) is 59.7 Å². The second-order valence-electron chi connectivity index (χ2n) is 5.86. The summed E-state index contributed by atoms with van der Waals surface area (Å²) in [6.45, 7) is 1.22. The molecule has 0 saturated carbocycles. The fourth-order valence-electron chi connectivity index (χ4n) is 2.16. The van der Waals surface area contributed by atoms with Gasteiger partial charge in [-0.1, -0.05) is 0 Å². The number of nitrogens with one attached hydrogen (secondary N) is 2. The summed E-state index contributed by atoms with van der Waals surface area (Å²) in [7, 11) is 1.48. The van der Waals surface area contributed by atoms with Gasteiger partial charge in [0.25, 0.3) is 0 Å². The lowest BCUT2D eigenvalue weighted by molar-refractivity contribution is -0.122. The quantitative estimate of drug-likeness (QED) is 0.595. The molecule has 2 N–H and O–H groups in total. The minimum Gasteiger partial charge on any atom is -0.325 e. The number of likely N-dealkylation sites (N-methyl/N-ethyl adjacent to an activating group) is 1. The zero-order valence-corrected chi connectivity index (χ0v) is 14.5. The second kappa shape index (κ2) is 8.63. The molecular weight excluding hydrogens is 366 g/mol. The SMILES string of the molecule is C[C@H](C(=O)Nc1ccc(F)cc1)N(C)CC(=O)Nc1ccc(F)c(F)c1F. The summed E-state index contributed by atoms with van der Waals surface area (Å²) >= 11 is 0. The molecule has 5 nitrogen and oxygen atoms in total. The fraction of sp³-hybridized carbons (Fsp3) is 0.222. The van der Waals surface area contributed by atoms with E-state index in [0.717, 1.165) is 6.07 Å². The van der Waals surface area contributed by atoms with E-state index in [1.807, 2.05) is 0 Å². The third-order valence-corrected chi connectivity index (χ3v) is 3.85. The van der Waals surface area contributed by atoms with E-state index in [0.29, 0.717) is 11.8 Å². The summed E-state index contributed by atoms with van der Waals surface area (Å²) in [4.78, 5) is 25.5. The molecule has 0 saturated heterocycles. The minimum atomic E-state index is -1.69. The van der Waals surface area contributed by atoms with Crippen molar-refractivity contribution in [3.63, 3.8) is 0 Å². The van der Waals surface area contributed by atoms with Gasteiger partial charge in [-0.15, -0.1) is 0 Å². The first-order valence-corrected chi connectivity index (χ1v) is 7.89. The zero-order valence-electron chi connectivity index (χ0n) is 14.5. The van der Waals surface area contributed by atoms with Crippen molar-refractivity contribution < 1.29 is 27.2 Å². The summed E-state index contributed by atoms with van der Waals surface area (Å²) in [5, 5.41) is 4.69. The molecule has 0 aliphatic carbocycles. The molecule has 0 aliphatic heterocycles. The van der Waals surface area contributed by atoms with Gasteiger partial charge in [0.2, 0.25) is 11.8 Å². The van der Waals surface area contributed by atoms with Crippen molar-refractivity contribution in [2.45, 2.75) is 13.0 Å². The predicted octanol–water partition coefficient (Wildman–Crippen LogP) is 3.14. The smallest absolute Gasteiger partial charge is 0.241 e. The summed E-state index contributed by atoms with van der Waals surface area (Å²) in [6, 6.07) is 5.99. The molecule has 2 amide bonds. The van der Waals surface area contributed by atoms with Gasteiger partial charge in [-0.05, 0) is 50.4 Å². The Morgan fingerprint density at radius 1 is 0.963 bits per heavy atom. The lowest BCUT2D eigenvalue weighted by Gasteiger charge is -2.23. The van der Waals surface area contributed by atoms with Gasteiger partial charge in [-0.2, -0.15) is 0 Å². The Morgan fingerprint density at radius 3 is 2.22 bits per heavy atom. The molecule has 27 heavy (non-hydrogen) atoms. The first-order valence-electron chi connectivity index (χ1n) is 7.89. The maximum atomic E-state index is 13.6. The molecule has 0 unspecified atom stereocenters. The summed E-state index contributed by atoms with van der Waals surface area (Å²) in [5.41, 5.74) is -0.120. The van der Waals surface area contributed by atoms with Crippen LogP contribution in [0.25, 0.3) is 0 Å². The molecule has 0 bridgehead atoms. The van der Waals surface area contributed by atoms with E-state index in [2.05, 4.69) is 10.6 Å². The second-order valence-corrected chi connectivity index (χ2v) is 5.86. The highest BCUT2D eigenvalue weighted by molar-refractivity contribution is 5.96. The van der Waals surface area contributed by atoms with E-state index < -0.39 is 46.8 Å². The topological polar surface area (TPSA) is 61.4 Å². The number of hydrogen-bond acceptors (Lipinski definition) is 3. The monoisotopic (exact) mass is 383 g/mol. The molecule has 1 atom stereocenters. The van der Waals surface area contributed by atoms with Crippen LogP contribution >= 0.6 is 0 Å². The summed E-state index contributed by atoms with van der Waals surface area (Å²) in [6.07, 6.45) is 0. The van der Waals surface area contributed by atoms with E-state index in [9.17, 15) is 27.2 Å². The van der Waals surface area contributed by atoms with Crippen LogP contribution in [0.5, 0.6) is 0 Å². The summed E-state index contributed by atoms with van der Waals surface area (Å²) < 4.78 is 52.5. The molecule has 2 aromatic carbocycles. The Hall–Kier alpha value is -2.94.